The Bertz CT molecular complexity index is 901. The topological polar surface area (TPSA) is 62.4 Å². The molecule has 1 aliphatic rings. The number of aryl methyl sites for hydroxylation is 1. The molecule has 5 nitrogen and oxygen atoms in total. The summed E-state index contributed by atoms with van der Waals surface area (Å²) in [4.78, 5) is 28.6. The highest BCUT2D eigenvalue weighted by molar-refractivity contribution is 5.94. The van der Waals surface area contributed by atoms with Gasteiger partial charge in [-0.3, -0.25) is 4.79 Å². The Hall–Kier alpha value is -2.63. The number of hydrogen-bond donors (Lipinski definition) is 1. The van der Waals surface area contributed by atoms with Crippen LogP contribution in [-0.4, -0.2) is 35.7 Å². The number of benzene rings is 1. The van der Waals surface area contributed by atoms with Crippen LogP contribution in [0.5, 0.6) is 0 Å². The molecule has 2 heterocycles. The van der Waals surface area contributed by atoms with Gasteiger partial charge in [-0.05, 0) is 42.9 Å². The lowest BCUT2D eigenvalue weighted by Gasteiger charge is -2.27. The van der Waals surface area contributed by atoms with Crippen LogP contribution in [0.15, 0.2) is 29.1 Å². The first kappa shape index (κ1) is 17.2. The van der Waals surface area contributed by atoms with Crippen molar-refractivity contribution in [2.24, 2.45) is 0 Å². The second-order valence-corrected chi connectivity index (χ2v) is 5.98. The molecule has 0 unspecified atom stereocenters. The highest BCUT2D eigenvalue weighted by atomic mass is 19.1. The van der Waals surface area contributed by atoms with Gasteiger partial charge >= 0.3 is 6.09 Å². The van der Waals surface area contributed by atoms with E-state index in [1.54, 1.807) is 17.9 Å². The van der Waals surface area contributed by atoms with Crippen molar-refractivity contribution in [1.82, 2.24) is 9.88 Å². The van der Waals surface area contributed by atoms with Gasteiger partial charge in [0.25, 0.3) is 5.56 Å². The molecule has 0 radical (unpaired) electrons. The number of nitrogens with one attached hydrogen (secondary N) is 1. The fraction of sp³-hybridized carbons (Fsp3) is 0.368. The Labute approximate surface area is 145 Å². The summed E-state index contributed by atoms with van der Waals surface area (Å²) in [5.74, 6) is -0.431. The minimum atomic E-state index is -0.431. The predicted molar refractivity (Wildman–Crippen MR) is 95.1 cm³/mol. The van der Waals surface area contributed by atoms with Gasteiger partial charge in [0.1, 0.15) is 5.82 Å². The molecule has 0 fully saturated rings. The Kier molecular flexibility index (Phi) is 4.88. The van der Waals surface area contributed by atoms with E-state index in [-0.39, 0.29) is 11.7 Å². The van der Waals surface area contributed by atoms with Gasteiger partial charge in [0.05, 0.1) is 12.0 Å². The Morgan fingerprint density at radius 1 is 1.32 bits per heavy atom. The molecule has 2 aromatic rings. The molecule has 1 N–H and O–H groups in total. The lowest BCUT2D eigenvalue weighted by Crippen LogP contribution is -2.35. The molecule has 6 heteroatoms. The summed E-state index contributed by atoms with van der Waals surface area (Å²) >= 11 is 0. The summed E-state index contributed by atoms with van der Waals surface area (Å²) in [6.07, 6.45) is 2.99. The normalized spacial score (nSPS) is 14.5. The number of fused-ring (bicyclic) bond motifs is 1. The van der Waals surface area contributed by atoms with Crippen molar-refractivity contribution in [3.8, 4) is 0 Å². The third kappa shape index (κ3) is 3.29. The van der Waals surface area contributed by atoms with Crippen molar-refractivity contribution in [3.63, 3.8) is 0 Å². The van der Waals surface area contributed by atoms with Gasteiger partial charge in [0.2, 0.25) is 0 Å². The molecule has 0 aliphatic carbocycles. The first-order chi connectivity index (χ1) is 12.0. The molecule has 0 bridgehead atoms. The second-order valence-electron chi connectivity index (χ2n) is 5.98. The summed E-state index contributed by atoms with van der Waals surface area (Å²) in [7, 11) is 0. The van der Waals surface area contributed by atoms with Gasteiger partial charge in [-0.2, -0.15) is 0 Å². The number of rotatable bonds is 3. The third-order valence-corrected chi connectivity index (χ3v) is 4.47. The highest BCUT2D eigenvalue weighted by Crippen LogP contribution is 2.30. The summed E-state index contributed by atoms with van der Waals surface area (Å²) in [5.41, 5.74) is 2.56. The van der Waals surface area contributed by atoms with E-state index in [1.807, 2.05) is 13.0 Å². The predicted octanol–water partition coefficient (Wildman–Crippen LogP) is 3.48. The van der Waals surface area contributed by atoms with Crippen LogP contribution >= 0.6 is 0 Å². The number of aromatic nitrogens is 1. The number of aromatic amines is 1. The maximum Gasteiger partial charge on any atom is 0.410 e. The SMILES string of the molecule is CCOC(=O)N1CC=C(c2c(CC)[nH]c(=O)c3cc(F)ccc23)CC1. The largest absolute Gasteiger partial charge is 0.450 e. The number of halogens is 1. The molecule has 25 heavy (non-hydrogen) atoms. The van der Waals surface area contributed by atoms with Crippen LogP contribution in [-0.2, 0) is 11.2 Å². The van der Waals surface area contributed by atoms with Crippen molar-refractivity contribution in [3.05, 3.63) is 51.7 Å². The number of carbonyl (C=O) groups excluding carboxylic acids is 1. The van der Waals surface area contributed by atoms with E-state index >= 15 is 0 Å². The minimum absolute atomic E-state index is 0.278. The Morgan fingerprint density at radius 3 is 2.76 bits per heavy atom. The van der Waals surface area contributed by atoms with Crippen molar-refractivity contribution in [1.29, 1.82) is 0 Å². The number of pyridine rings is 1. The lowest BCUT2D eigenvalue weighted by molar-refractivity contribution is 0.111. The molecule has 0 saturated heterocycles. The first-order valence-electron chi connectivity index (χ1n) is 8.50. The van der Waals surface area contributed by atoms with E-state index in [2.05, 4.69) is 4.98 Å². The maximum absolute atomic E-state index is 13.6. The van der Waals surface area contributed by atoms with E-state index in [9.17, 15) is 14.0 Å². The third-order valence-electron chi connectivity index (χ3n) is 4.47. The molecule has 0 atom stereocenters. The molecule has 1 aromatic carbocycles. The van der Waals surface area contributed by atoms with Crippen LogP contribution in [0.4, 0.5) is 9.18 Å². The van der Waals surface area contributed by atoms with Gasteiger partial charge in [0.15, 0.2) is 0 Å². The van der Waals surface area contributed by atoms with Crippen LogP contribution in [0, 0.1) is 5.82 Å². The monoisotopic (exact) mass is 344 g/mol. The van der Waals surface area contributed by atoms with E-state index < -0.39 is 5.82 Å². The van der Waals surface area contributed by atoms with E-state index in [1.165, 1.54) is 12.1 Å². The van der Waals surface area contributed by atoms with Gasteiger partial charge in [0, 0.05) is 24.3 Å². The molecular formula is C19H21FN2O3. The summed E-state index contributed by atoms with van der Waals surface area (Å²) in [6.45, 7) is 5.11. The highest BCUT2D eigenvalue weighted by Gasteiger charge is 2.22. The zero-order chi connectivity index (χ0) is 18.0. The molecule has 132 valence electrons. The molecule has 0 saturated carbocycles. The van der Waals surface area contributed by atoms with Crippen molar-refractivity contribution >= 4 is 22.4 Å². The molecule has 0 spiro atoms. The number of hydrogen-bond acceptors (Lipinski definition) is 3. The molecule has 1 aromatic heterocycles. The number of H-pyrrole nitrogens is 1. The lowest BCUT2D eigenvalue weighted by atomic mass is 9.92. The van der Waals surface area contributed by atoms with E-state index in [0.717, 1.165) is 22.2 Å². The van der Waals surface area contributed by atoms with Gasteiger partial charge in [-0.15, -0.1) is 0 Å². The van der Waals surface area contributed by atoms with Gasteiger partial charge < -0.3 is 14.6 Å². The number of amides is 1. The summed E-state index contributed by atoms with van der Waals surface area (Å²) in [6, 6.07) is 4.30. The molecule has 3 rings (SSSR count). The number of nitrogens with zero attached hydrogens (tertiary/aromatic N) is 1. The van der Waals surface area contributed by atoms with Crippen LogP contribution in [0.3, 0.4) is 0 Å². The van der Waals surface area contributed by atoms with Crippen molar-refractivity contribution < 1.29 is 13.9 Å². The Balaban J connectivity index is 2.05. The zero-order valence-corrected chi connectivity index (χ0v) is 14.4. The number of carbonyl (C=O) groups is 1. The minimum Gasteiger partial charge on any atom is -0.450 e. The van der Waals surface area contributed by atoms with Crippen molar-refractivity contribution in [2.75, 3.05) is 19.7 Å². The average Bonchev–Trinajstić information content (AvgIpc) is 2.62. The fourth-order valence-corrected chi connectivity index (χ4v) is 3.26. The fourth-order valence-electron chi connectivity index (χ4n) is 3.26. The molecular weight excluding hydrogens is 323 g/mol. The summed E-state index contributed by atoms with van der Waals surface area (Å²) < 4.78 is 18.6. The zero-order valence-electron chi connectivity index (χ0n) is 14.4. The van der Waals surface area contributed by atoms with E-state index in [4.69, 9.17) is 4.74 Å². The second kappa shape index (κ2) is 7.09. The average molecular weight is 344 g/mol. The van der Waals surface area contributed by atoms with Gasteiger partial charge in [-0.1, -0.05) is 19.1 Å². The smallest absolute Gasteiger partial charge is 0.410 e. The van der Waals surface area contributed by atoms with E-state index in [0.29, 0.717) is 37.9 Å². The quantitative estimate of drug-likeness (QED) is 0.927. The van der Waals surface area contributed by atoms with Gasteiger partial charge in [-0.25, -0.2) is 9.18 Å². The first-order valence-corrected chi connectivity index (χ1v) is 8.50. The maximum atomic E-state index is 13.6. The van der Waals surface area contributed by atoms with Crippen LogP contribution in [0.2, 0.25) is 0 Å². The van der Waals surface area contributed by atoms with Crippen LogP contribution in [0.25, 0.3) is 16.3 Å². The Morgan fingerprint density at radius 2 is 2.12 bits per heavy atom. The molecule has 1 aliphatic heterocycles. The summed E-state index contributed by atoms with van der Waals surface area (Å²) in [5, 5.41) is 1.10. The van der Waals surface area contributed by atoms with Crippen LogP contribution < -0.4 is 5.56 Å². The molecule has 1 amide bonds. The van der Waals surface area contributed by atoms with Crippen molar-refractivity contribution in [2.45, 2.75) is 26.7 Å². The standard InChI is InChI=1S/C19H21FN2O3/c1-3-16-17(12-7-9-22(10-8-12)19(24)25-4-2)14-6-5-13(20)11-15(14)18(23)21-16/h5-7,11H,3-4,8-10H2,1-2H3,(H,21,23). The number of ether oxygens (including phenoxy) is 1. The van der Waals surface area contributed by atoms with Crippen LogP contribution in [0.1, 0.15) is 31.5 Å².